The summed E-state index contributed by atoms with van der Waals surface area (Å²) in [6.45, 7) is 0.658. The number of aromatic nitrogens is 4. The predicted octanol–water partition coefficient (Wildman–Crippen LogP) is 3.88. The highest BCUT2D eigenvalue weighted by Crippen LogP contribution is 2.33. The fraction of sp³-hybridized carbons (Fsp3) is 0.0952. The van der Waals surface area contributed by atoms with Gasteiger partial charge in [-0.3, -0.25) is 0 Å². The Hall–Kier alpha value is -3.67. The number of aromatic carboxylic acids is 1. The van der Waals surface area contributed by atoms with Gasteiger partial charge in [-0.25, -0.2) is 14.8 Å². The normalized spacial score (nSPS) is 10.8. The minimum absolute atomic E-state index is 0.262. The fourth-order valence-electron chi connectivity index (χ4n) is 3.18. The number of carboxylic acids is 1. The topological polar surface area (TPSA) is 83.8 Å². The summed E-state index contributed by atoms with van der Waals surface area (Å²) >= 11 is 0. The number of imidazole rings is 2. The van der Waals surface area contributed by atoms with Crippen molar-refractivity contribution in [2.24, 2.45) is 0 Å². The summed E-state index contributed by atoms with van der Waals surface area (Å²) < 4.78 is 2.00. The Bertz CT molecular complexity index is 1050. The average molecular weight is 358 g/mol. The monoisotopic (exact) mass is 358 g/mol. The fourth-order valence-corrected chi connectivity index (χ4v) is 3.18. The van der Waals surface area contributed by atoms with Gasteiger partial charge in [0.05, 0.1) is 29.6 Å². The van der Waals surface area contributed by atoms with Gasteiger partial charge in [0, 0.05) is 36.0 Å². The first kappa shape index (κ1) is 16.8. The van der Waals surface area contributed by atoms with Crippen LogP contribution in [-0.2, 0) is 13.0 Å². The summed E-state index contributed by atoms with van der Waals surface area (Å²) in [7, 11) is 0. The van der Waals surface area contributed by atoms with Crippen LogP contribution in [0.15, 0.2) is 73.4 Å². The maximum Gasteiger partial charge on any atom is 0.336 e. The molecular formula is C21H18N4O2. The van der Waals surface area contributed by atoms with Crippen LogP contribution >= 0.6 is 0 Å². The summed E-state index contributed by atoms with van der Waals surface area (Å²) in [5.74, 6) is -0.953. The molecule has 0 bridgehead atoms. The molecule has 4 rings (SSSR count). The van der Waals surface area contributed by atoms with Gasteiger partial charge in [0.15, 0.2) is 0 Å². The Kier molecular flexibility index (Phi) is 4.53. The van der Waals surface area contributed by atoms with Gasteiger partial charge in [-0.2, -0.15) is 0 Å². The van der Waals surface area contributed by atoms with Crippen molar-refractivity contribution in [1.29, 1.82) is 0 Å². The smallest absolute Gasteiger partial charge is 0.336 e. The van der Waals surface area contributed by atoms with E-state index in [1.54, 1.807) is 31.0 Å². The summed E-state index contributed by atoms with van der Waals surface area (Å²) in [6, 6.07) is 16.9. The van der Waals surface area contributed by atoms with Gasteiger partial charge in [0.25, 0.3) is 0 Å². The molecule has 2 aromatic heterocycles. The molecule has 4 aromatic rings. The number of hydrogen-bond acceptors (Lipinski definition) is 3. The second kappa shape index (κ2) is 7.29. The van der Waals surface area contributed by atoms with Crippen molar-refractivity contribution in [2.45, 2.75) is 13.0 Å². The van der Waals surface area contributed by atoms with E-state index in [0.717, 1.165) is 29.1 Å². The molecule has 6 nitrogen and oxygen atoms in total. The van der Waals surface area contributed by atoms with Crippen LogP contribution in [0, 0.1) is 0 Å². The van der Waals surface area contributed by atoms with E-state index in [1.807, 2.05) is 47.0 Å². The Morgan fingerprint density at radius 3 is 2.59 bits per heavy atom. The van der Waals surface area contributed by atoms with Crippen molar-refractivity contribution in [2.75, 3.05) is 0 Å². The number of aryl methyl sites for hydroxylation is 2. The molecule has 0 saturated carbocycles. The van der Waals surface area contributed by atoms with Crippen LogP contribution in [0.1, 0.15) is 16.1 Å². The zero-order valence-electron chi connectivity index (χ0n) is 14.5. The molecule has 0 atom stereocenters. The molecule has 27 heavy (non-hydrogen) atoms. The van der Waals surface area contributed by atoms with Crippen LogP contribution < -0.4 is 0 Å². The van der Waals surface area contributed by atoms with E-state index in [1.165, 1.54) is 0 Å². The molecule has 0 aliphatic heterocycles. The molecule has 0 aliphatic carbocycles. The second-order valence-electron chi connectivity index (χ2n) is 6.18. The molecule has 0 fully saturated rings. The van der Waals surface area contributed by atoms with Gasteiger partial charge in [-0.1, -0.05) is 48.5 Å². The van der Waals surface area contributed by atoms with E-state index < -0.39 is 5.97 Å². The number of aromatic amines is 1. The molecule has 6 heteroatoms. The highest BCUT2D eigenvalue weighted by molar-refractivity contribution is 5.97. The summed E-state index contributed by atoms with van der Waals surface area (Å²) in [6.07, 6.45) is 5.96. The van der Waals surface area contributed by atoms with E-state index in [0.29, 0.717) is 12.1 Å². The number of carbonyl (C=O) groups is 1. The molecule has 0 unspecified atom stereocenters. The summed E-state index contributed by atoms with van der Waals surface area (Å²) in [5, 5.41) is 9.65. The minimum atomic E-state index is -0.953. The van der Waals surface area contributed by atoms with Crippen molar-refractivity contribution in [3.8, 4) is 22.5 Å². The molecule has 2 aromatic carbocycles. The molecule has 2 N–H and O–H groups in total. The molecular weight excluding hydrogens is 340 g/mol. The third-order valence-corrected chi connectivity index (χ3v) is 4.47. The molecule has 0 saturated heterocycles. The van der Waals surface area contributed by atoms with Crippen molar-refractivity contribution in [3.63, 3.8) is 0 Å². The van der Waals surface area contributed by atoms with E-state index in [4.69, 9.17) is 0 Å². The Labute approximate surface area is 156 Å². The third-order valence-electron chi connectivity index (χ3n) is 4.47. The lowest BCUT2D eigenvalue weighted by molar-refractivity contribution is 0.0697. The summed E-state index contributed by atoms with van der Waals surface area (Å²) in [5.41, 5.74) is 4.46. The molecule has 0 aliphatic rings. The Balaban J connectivity index is 1.84. The van der Waals surface area contributed by atoms with E-state index in [-0.39, 0.29) is 5.56 Å². The number of rotatable bonds is 6. The van der Waals surface area contributed by atoms with Crippen molar-refractivity contribution in [3.05, 3.63) is 84.7 Å². The molecule has 2 heterocycles. The van der Waals surface area contributed by atoms with Crippen LogP contribution in [0.2, 0.25) is 0 Å². The van der Waals surface area contributed by atoms with E-state index in [2.05, 4.69) is 15.0 Å². The minimum Gasteiger partial charge on any atom is -0.478 e. The van der Waals surface area contributed by atoms with Crippen molar-refractivity contribution >= 4 is 5.97 Å². The summed E-state index contributed by atoms with van der Waals surface area (Å²) in [4.78, 5) is 23.5. The molecule has 0 spiro atoms. The second-order valence-corrected chi connectivity index (χ2v) is 6.18. The Morgan fingerprint density at radius 2 is 1.85 bits per heavy atom. The number of benzene rings is 2. The third kappa shape index (κ3) is 3.37. The van der Waals surface area contributed by atoms with Gasteiger partial charge >= 0.3 is 5.97 Å². The van der Waals surface area contributed by atoms with Crippen LogP contribution in [0.3, 0.4) is 0 Å². The lowest BCUT2D eigenvalue weighted by atomic mass is 10.00. The maximum atomic E-state index is 11.8. The van der Waals surface area contributed by atoms with Crippen LogP contribution in [0.5, 0.6) is 0 Å². The molecule has 0 radical (unpaired) electrons. The number of H-pyrrole nitrogens is 1. The number of hydrogen-bond donors (Lipinski definition) is 2. The maximum absolute atomic E-state index is 11.8. The molecule has 134 valence electrons. The quantitative estimate of drug-likeness (QED) is 0.548. The van der Waals surface area contributed by atoms with E-state index in [9.17, 15) is 9.90 Å². The van der Waals surface area contributed by atoms with Crippen molar-refractivity contribution < 1.29 is 9.90 Å². The van der Waals surface area contributed by atoms with Crippen LogP contribution in [0.25, 0.3) is 22.5 Å². The van der Waals surface area contributed by atoms with E-state index >= 15 is 0 Å². The van der Waals surface area contributed by atoms with Gasteiger partial charge < -0.3 is 14.7 Å². The lowest BCUT2D eigenvalue weighted by Gasteiger charge is -2.12. The predicted molar refractivity (Wildman–Crippen MR) is 102 cm³/mol. The van der Waals surface area contributed by atoms with Crippen LogP contribution in [0.4, 0.5) is 0 Å². The average Bonchev–Trinajstić information content (AvgIpc) is 3.36. The standard InChI is InChI=1S/C21H18N4O2/c26-21(27)18-9-5-4-8-17(18)20-19(15-6-2-1-3-7-15)24-14-25(20)11-10-16-12-22-13-23-16/h1-9,12-14H,10-11H2,(H,22,23)(H,26,27). The van der Waals surface area contributed by atoms with Crippen molar-refractivity contribution in [1.82, 2.24) is 19.5 Å². The van der Waals surface area contributed by atoms with Gasteiger partial charge in [-0.05, 0) is 6.07 Å². The first-order valence-electron chi connectivity index (χ1n) is 8.64. The SMILES string of the molecule is O=C(O)c1ccccc1-c1c(-c2ccccc2)ncn1CCc1cnc[nH]1. The van der Waals surface area contributed by atoms with Gasteiger partial charge in [0.1, 0.15) is 0 Å². The van der Waals surface area contributed by atoms with Gasteiger partial charge in [-0.15, -0.1) is 0 Å². The highest BCUT2D eigenvalue weighted by Gasteiger charge is 2.20. The van der Waals surface area contributed by atoms with Gasteiger partial charge in [0.2, 0.25) is 0 Å². The molecule has 0 amide bonds. The highest BCUT2D eigenvalue weighted by atomic mass is 16.4. The zero-order chi connectivity index (χ0) is 18.6. The Morgan fingerprint density at radius 1 is 1.07 bits per heavy atom. The van der Waals surface area contributed by atoms with Crippen LogP contribution in [-0.4, -0.2) is 30.6 Å². The first-order valence-corrected chi connectivity index (χ1v) is 8.64. The number of carboxylic acid groups (broad SMARTS) is 1. The largest absolute Gasteiger partial charge is 0.478 e. The number of nitrogens with one attached hydrogen (secondary N) is 1. The first-order chi connectivity index (χ1) is 13.2. The number of nitrogens with zero attached hydrogens (tertiary/aromatic N) is 3. The lowest BCUT2D eigenvalue weighted by Crippen LogP contribution is -2.06. The zero-order valence-corrected chi connectivity index (χ0v) is 14.5.